The van der Waals surface area contributed by atoms with Gasteiger partial charge in [-0.25, -0.2) is 4.79 Å². The number of carboxylic acids is 1. The van der Waals surface area contributed by atoms with Gasteiger partial charge in [0.1, 0.15) is 10.6 Å². The number of methoxy groups -OCH3 is 1. The molecule has 7 heteroatoms. The molecule has 1 aromatic heterocycles. The van der Waals surface area contributed by atoms with Crippen LogP contribution in [-0.4, -0.2) is 41.3 Å². The van der Waals surface area contributed by atoms with E-state index < -0.39 is 17.5 Å². The molecule has 1 aromatic rings. The molecule has 3 N–H and O–H groups in total. The van der Waals surface area contributed by atoms with Crippen LogP contribution in [0, 0.1) is 6.92 Å². The van der Waals surface area contributed by atoms with E-state index in [-0.39, 0.29) is 6.54 Å². The van der Waals surface area contributed by atoms with Crippen LogP contribution in [0.3, 0.4) is 0 Å². The van der Waals surface area contributed by atoms with E-state index >= 15 is 0 Å². The van der Waals surface area contributed by atoms with Crippen LogP contribution < -0.4 is 10.1 Å². The van der Waals surface area contributed by atoms with E-state index in [0.717, 1.165) is 11.8 Å². The van der Waals surface area contributed by atoms with E-state index in [0.29, 0.717) is 10.6 Å². The fraction of sp³-hybridized carbons (Fsp3) is 0.455. The lowest BCUT2D eigenvalue weighted by Crippen LogP contribution is -2.46. The van der Waals surface area contributed by atoms with Crippen LogP contribution in [0.1, 0.15) is 21.5 Å². The fourth-order valence-corrected chi connectivity index (χ4v) is 2.10. The number of aliphatic hydroxyl groups is 1. The Labute approximate surface area is 108 Å². The average molecular weight is 273 g/mol. The molecule has 0 spiro atoms. The fourth-order valence-electron chi connectivity index (χ4n) is 1.21. The Morgan fingerprint density at radius 1 is 1.56 bits per heavy atom. The van der Waals surface area contributed by atoms with Crippen LogP contribution in [0.2, 0.25) is 0 Å². The number of carbonyl (C=O) groups excluding carboxylic acids is 1. The molecule has 1 heterocycles. The van der Waals surface area contributed by atoms with Crippen molar-refractivity contribution < 1.29 is 24.5 Å². The summed E-state index contributed by atoms with van der Waals surface area (Å²) in [7, 11) is 1.45. The molecule has 6 nitrogen and oxygen atoms in total. The van der Waals surface area contributed by atoms with E-state index in [9.17, 15) is 14.7 Å². The summed E-state index contributed by atoms with van der Waals surface area (Å²) >= 11 is 1.24. The van der Waals surface area contributed by atoms with E-state index in [1.54, 1.807) is 6.07 Å². The van der Waals surface area contributed by atoms with Gasteiger partial charge in [-0.2, -0.15) is 0 Å². The number of aliphatic carboxylic acids is 1. The standard InChI is InChI=1S/C11H15NO5S/c1-6-4-7(17-3)8(18-6)9(13)12-5-11(2,16)10(14)15/h4,16H,5H2,1-3H3,(H,12,13)(H,14,15). The molecule has 100 valence electrons. The zero-order valence-electron chi connectivity index (χ0n) is 10.3. The van der Waals surface area contributed by atoms with Crippen molar-refractivity contribution in [1.82, 2.24) is 5.32 Å². The number of amides is 1. The third-order valence-corrected chi connectivity index (χ3v) is 3.33. The Morgan fingerprint density at radius 3 is 2.67 bits per heavy atom. The maximum absolute atomic E-state index is 11.8. The molecule has 1 atom stereocenters. The Morgan fingerprint density at radius 2 is 2.17 bits per heavy atom. The number of rotatable bonds is 5. The van der Waals surface area contributed by atoms with Gasteiger partial charge in [-0.1, -0.05) is 0 Å². The number of nitrogens with one attached hydrogen (secondary N) is 1. The summed E-state index contributed by atoms with van der Waals surface area (Å²) in [5.74, 6) is -1.42. The smallest absolute Gasteiger partial charge is 0.337 e. The van der Waals surface area contributed by atoms with Gasteiger partial charge in [-0.15, -0.1) is 11.3 Å². The first-order valence-corrected chi connectivity index (χ1v) is 5.98. The zero-order valence-corrected chi connectivity index (χ0v) is 11.1. The van der Waals surface area contributed by atoms with E-state index in [4.69, 9.17) is 9.84 Å². The normalized spacial score (nSPS) is 13.8. The van der Waals surface area contributed by atoms with Crippen LogP contribution in [0.15, 0.2) is 6.07 Å². The number of carbonyl (C=O) groups is 2. The first kappa shape index (κ1) is 14.5. The Bertz CT molecular complexity index is 466. The van der Waals surface area contributed by atoms with Crippen LogP contribution in [0.5, 0.6) is 5.75 Å². The highest BCUT2D eigenvalue weighted by molar-refractivity contribution is 7.14. The van der Waals surface area contributed by atoms with Gasteiger partial charge in [-0.3, -0.25) is 4.79 Å². The second-order valence-corrected chi connectivity index (χ2v) is 5.27. The van der Waals surface area contributed by atoms with Crippen molar-refractivity contribution in [2.75, 3.05) is 13.7 Å². The molecule has 0 saturated heterocycles. The second kappa shape index (κ2) is 5.36. The third kappa shape index (κ3) is 3.21. The minimum Gasteiger partial charge on any atom is -0.495 e. The molecule has 0 aliphatic heterocycles. The van der Waals surface area contributed by atoms with Crippen molar-refractivity contribution in [3.05, 3.63) is 15.8 Å². The summed E-state index contributed by atoms with van der Waals surface area (Å²) in [4.78, 5) is 23.8. The largest absolute Gasteiger partial charge is 0.495 e. The summed E-state index contributed by atoms with van der Waals surface area (Å²) in [6.45, 7) is 2.57. The summed E-state index contributed by atoms with van der Waals surface area (Å²) < 4.78 is 5.04. The molecule has 18 heavy (non-hydrogen) atoms. The number of thiophene rings is 1. The van der Waals surface area contributed by atoms with Crippen LogP contribution in [-0.2, 0) is 4.79 Å². The minimum atomic E-state index is -1.99. The van der Waals surface area contributed by atoms with Gasteiger partial charge in [-0.05, 0) is 19.9 Å². The lowest BCUT2D eigenvalue weighted by Gasteiger charge is -2.18. The van der Waals surface area contributed by atoms with Crippen molar-refractivity contribution in [2.45, 2.75) is 19.4 Å². The van der Waals surface area contributed by atoms with Crippen LogP contribution >= 0.6 is 11.3 Å². The van der Waals surface area contributed by atoms with Crippen LogP contribution in [0.4, 0.5) is 0 Å². The molecule has 0 fully saturated rings. The maximum Gasteiger partial charge on any atom is 0.337 e. The monoisotopic (exact) mass is 273 g/mol. The topological polar surface area (TPSA) is 95.9 Å². The lowest BCUT2D eigenvalue weighted by atomic mass is 10.1. The quantitative estimate of drug-likeness (QED) is 0.731. The highest BCUT2D eigenvalue weighted by atomic mass is 32.1. The average Bonchev–Trinajstić information content (AvgIpc) is 2.67. The summed E-state index contributed by atoms with van der Waals surface area (Å²) in [6.07, 6.45) is 0. The molecule has 0 aliphatic rings. The first-order valence-electron chi connectivity index (χ1n) is 5.16. The molecular formula is C11H15NO5S. The Hall–Kier alpha value is -1.60. The maximum atomic E-state index is 11.8. The summed E-state index contributed by atoms with van der Waals surface area (Å²) in [6, 6.07) is 1.72. The van der Waals surface area contributed by atoms with Crippen molar-refractivity contribution in [3.63, 3.8) is 0 Å². The molecule has 1 unspecified atom stereocenters. The number of carboxylic acid groups (broad SMARTS) is 1. The van der Waals surface area contributed by atoms with Gasteiger partial charge in [0.05, 0.1) is 13.7 Å². The van der Waals surface area contributed by atoms with Gasteiger partial charge in [0, 0.05) is 4.88 Å². The first-order chi connectivity index (χ1) is 8.27. The highest BCUT2D eigenvalue weighted by Crippen LogP contribution is 2.28. The molecule has 0 bridgehead atoms. The summed E-state index contributed by atoms with van der Waals surface area (Å²) in [5.41, 5.74) is -1.99. The zero-order chi connectivity index (χ0) is 13.9. The molecule has 0 aromatic carbocycles. The van der Waals surface area contributed by atoms with Gasteiger partial charge in [0.25, 0.3) is 5.91 Å². The lowest BCUT2D eigenvalue weighted by molar-refractivity contribution is -0.155. The predicted molar refractivity (Wildman–Crippen MR) is 66.2 cm³/mol. The van der Waals surface area contributed by atoms with Gasteiger partial charge in [0.15, 0.2) is 5.60 Å². The molecular weight excluding hydrogens is 258 g/mol. The van der Waals surface area contributed by atoms with E-state index in [1.807, 2.05) is 6.92 Å². The Balaban J connectivity index is 2.74. The minimum absolute atomic E-state index is 0.358. The number of hydrogen-bond donors (Lipinski definition) is 3. The van der Waals surface area contributed by atoms with Crippen molar-refractivity contribution in [2.24, 2.45) is 0 Å². The van der Waals surface area contributed by atoms with E-state index in [2.05, 4.69) is 5.32 Å². The molecule has 1 rings (SSSR count). The van der Waals surface area contributed by atoms with E-state index in [1.165, 1.54) is 18.4 Å². The molecule has 1 amide bonds. The van der Waals surface area contributed by atoms with Crippen molar-refractivity contribution in [3.8, 4) is 5.75 Å². The van der Waals surface area contributed by atoms with Gasteiger partial charge >= 0.3 is 5.97 Å². The number of aryl methyl sites for hydroxylation is 1. The highest BCUT2D eigenvalue weighted by Gasteiger charge is 2.31. The number of hydrogen-bond acceptors (Lipinski definition) is 5. The van der Waals surface area contributed by atoms with Crippen molar-refractivity contribution in [1.29, 1.82) is 0 Å². The molecule has 0 radical (unpaired) electrons. The second-order valence-electron chi connectivity index (χ2n) is 4.02. The molecule has 0 saturated carbocycles. The van der Waals surface area contributed by atoms with Gasteiger partial charge < -0.3 is 20.3 Å². The Kier molecular flexibility index (Phi) is 4.31. The third-order valence-electron chi connectivity index (χ3n) is 2.30. The summed E-state index contributed by atoms with van der Waals surface area (Å²) in [5, 5.41) is 20.6. The van der Waals surface area contributed by atoms with Gasteiger partial charge in [0.2, 0.25) is 0 Å². The van der Waals surface area contributed by atoms with Crippen molar-refractivity contribution >= 4 is 23.2 Å². The SMILES string of the molecule is COc1cc(C)sc1C(=O)NCC(C)(O)C(=O)O. The van der Waals surface area contributed by atoms with Crippen LogP contribution in [0.25, 0.3) is 0 Å². The predicted octanol–water partition coefficient (Wildman–Crippen LogP) is 0.631. The number of ether oxygens (including phenoxy) is 1. The molecule has 0 aliphatic carbocycles.